The molecule has 0 aliphatic carbocycles. The maximum Gasteiger partial charge on any atom is 0.259 e. The summed E-state index contributed by atoms with van der Waals surface area (Å²) < 4.78 is 0. The van der Waals surface area contributed by atoms with Crippen LogP contribution in [0.2, 0.25) is 0 Å². The molecular weight excluding hydrogens is 348 g/mol. The summed E-state index contributed by atoms with van der Waals surface area (Å²) in [5, 5.41) is 21.4. The molecule has 0 radical (unpaired) electrons. The van der Waals surface area contributed by atoms with Crippen molar-refractivity contribution >= 4 is 17.7 Å². The van der Waals surface area contributed by atoms with Crippen molar-refractivity contribution in [2.75, 3.05) is 4.90 Å². The van der Waals surface area contributed by atoms with E-state index in [1.54, 1.807) is 66.7 Å². The van der Waals surface area contributed by atoms with Crippen LogP contribution in [0.5, 0.6) is 0 Å². The van der Waals surface area contributed by atoms with Crippen LogP contribution in [-0.2, 0) is 0 Å². The minimum absolute atomic E-state index is 0.339. The number of carbonyl (C=O) groups is 1. The predicted molar refractivity (Wildman–Crippen MR) is 108 cm³/mol. The molecule has 1 amide bonds. The Labute approximate surface area is 163 Å². The lowest BCUT2D eigenvalue weighted by atomic mass is 9.82. The van der Waals surface area contributed by atoms with E-state index < -0.39 is 11.6 Å². The van der Waals surface area contributed by atoms with Crippen LogP contribution < -0.4 is 4.90 Å². The van der Waals surface area contributed by atoms with Crippen molar-refractivity contribution in [3.05, 3.63) is 108 Å². The Morgan fingerprint density at radius 3 is 2.21 bits per heavy atom. The van der Waals surface area contributed by atoms with Crippen LogP contribution >= 0.6 is 0 Å². The number of nitriles is 1. The van der Waals surface area contributed by atoms with Gasteiger partial charge in [0.1, 0.15) is 6.10 Å². The summed E-state index contributed by atoms with van der Waals surface area (Å²) in [6.07, 6.45) is 2.20. The fourth-order valence-electron chi connectivity index (χ4n) is 3.56. The molecule has 4 rings (SSSR count). The number of anilines is 1. The van der Waals surface area contributed by atoms with Gasteiger partial charge in [0.25, 0.3) is 5.91 Å². The van der Waals surface area contributed by atoms with Gasteiger partial charge in [-0.1, -0.05) is 72.8 Å². The molecule has 4 nitrogen and oxygen atoms in total. The molecule has 28 heavy (non-hydrogen) atoms. The summed E-state index contributed by atoms with van der Waals surface area (Å²) in [7, 11) is 0. The largest absolute Gasteiger partial charge is 0.384 e. The number of nitrogens with zero attached hydrogens (tertiary/aromatic N) is 2. The van der Waals surface area contributed by atoms with Gasteiger partial charge in [0.15, 0.2) is 5.54 Å². The molecular formula is C24H18N2O2. The molecule has 0 bridgehead atoms. The molecule has 1 N–H and O–H groups in total. The summed E-state index contributed by atoms with van der Waals surface area (Å²) in [6, 6.07) is 27.3. The molecule has 3 aromatic rings. The van der Waals surface area contributed by atoms with Crippen molar-refractivity contribution in [3.63, 3.8) is 0 Å². The molecule has 4 heteroatoms. The average molecular weight is 366 g/mol. The van der Waals surface area contributed by atoms with E-state index in [1.807, 2.05) is 30.3 Å². The summed E-state index contributed by atoms with van der Waals surface area (Å²) in [5.41, 5.74) is 0.863. The second-order valence-electron chi connectivity index (χ2n) is 6.65. The topological polar surface area (TPSA) is 64.3 Å². The SMILES string of the molecule is N#CC1(C(O)c2ccccc2)C=Cc2ccccc2N1C(=O)c1ccccc1. The molecule has 1 aliphatic rings. The first-order chi connectivity index (χ1) is 13.7. The fourth-order valence-corrected chi connectivity index (χ4v) is 3.56. The summed E-state index contributed by atoms with van der Waals surface area (Å²) in [4.78, 5) is 14.9. The van der Waals surface area contributed by atoms with Crippen molar-refractivity contribution in [1.29, 1.82) is 5.26 Å². The van der Waals surface area contributed by atoms with Gasteiger partial charge < -0.3 is 5.11 Å². The van der Waals surface area contributed by atoms with Crippen molar-refractivity contribution in [2.45, 2.75) is 11.6 Å². The van der Waals surface area contributed by atoms with Gasteiger partial charge in [-0.25, -0.2) is 0 Å². The Morgan fingerprint density at radius 1 is 0.929 bits per heavy atom. The molecule has 0 spiro atoms. The molecule has 0 aromatic heterocycles. The summed E-state index contributed by atoms with van der Waals surface area (Å²) in [5.74, 6) is -0.339. The van der Waals surface area contributed by atoms with Crippen LogP contribution in [0.1, 0.15) is 27.6 Å². The lowest BCUT2D eigenvalue weighted by Gasteiger charge is -2.42. The number of aliphatic hydroxyl groups excluding tert-OH is 1. The van der Waals surface area contributed by atoms with Crippen LogP contribution in [0.25, 0.3) is 6.08 Å². The minimum atomic E-state index is -1.57. The number of benzene rings is 3. The Morgan fingerprint density at radius 2 is 1.54 bits per heavy atom. The molecule has 0 fully saturated rings. The number of hydrogen-bond donors (Lipinski definition) is 1. The third kappa shape index (κ3) is 2.79. The number of para-hydroxylation sites is 1. The molecule has 3 aromatic carbocycles. The zero-order valence-corrected chi connectivity index (χ0v) is 15.1. The molecule has 0 saturated heterocycles. The van der Waals surface area contributed by atoms with Gasteiger partial charge in [-0.2, -0.15) is 5.26 Å². The van der Waals surface area contributed by atoms with E-state index in [9.17, 15) is 15.2 Å². The van der Waals surface area contributed by atoms with Gasteiger partial charge >= 0.3 is 0 Å². The Kier molecular flexibility index (Phi) is 4.52. The molecule has 136 valence electrons. The number of aliphatic hydroxyl groups is 1. The third-order valence-corrected chi connectivity index (χ3v) is 5.00. The maximum atomic E-state index is 13.5. The van der Waals surface area contributed by atoms with Crippen molar-refractivity contribution in [2.24, 2.45) is 0 Å². The van der Waals surface area contributed by atoms with E-state index in [1.165, 1.54) is 4.90 Å². The van der Waals surface area contributed by atoms with E-state index in [-0.39, 0.29) is 5.91 Å². The zero-order chi connectivity index (χ0) is 19.6. The Hall–Kier alpha value is -3.68. The molecule has 2 atom stereocenters. The van der Waals surface area contributed by atoms with Gasteiger partial charge in [-0.15, -0.1) is 0 Å². The maximum absolute atomic E-state index is 13.5. The van der Waals surface area contributed by atoms with Gasteiger partial charge in [0.05, 0.1) is 11.8 Å². The standard InChI is InChI=1S/C24H18N2O2/c25-17-24(22(27)19-10-3-1-4-11-19)16-15-18-9-7-8-14-21(18)26(24)23(28)20-12-5-2-6-13-20/h1-16,22,27H. The first-order valence-electron chi connectivity index (χ1n) is 8.99. The lowest BCUT2D eigenvalue weighted by Crippen LogP contribution is -2.55. The second-order valence-corrected chi connectivity index (χ2v) is 6.65. The third-order valence-electron chi connectivity index (χ3n) is 5.00. The lowest BCUT2D eigenvalue weighted by molar-refractivity contribution is 0.0883. The normalized spacial score (nSPS) is 18.8. The van der Waals surface area contributed by atoms with Gasteiger partial charge in [-0.05, 0) is 35.4 Å². The van der Waals surface area contributed by atoms with Crippen LogP contribution in [0.4, 0.5) is 5.69 Å². The number of carbonyl (C=O) groups excluding carboxylic acids is 1. The predicted octanol–water partition coefficient (Wildman–Crippen LogP) is 4.36. The summed E-state index contributed by atoms with van der Waals surface area (Å²) in [6.45, 7) is 0. The van der Waals surface area contributed by atoms with Crippen LogP contribution in [0.3, 0.4) is 0 Å². The first-order valence-corrected chi connectivity index (χ1v) is 8.99. The number of rotatable bonds is 3. The summed E-state index contributed by atoms with van der Waals surface area (Å²) >= 11 is 0. The highest BCUT2D eigenvalue weighted by molar-refractivity contribution is 6.10. The monoisotopic (exact) mass is 366 g/mol. The van der Waals surface area contributed by atoms with Crippen molar-refractivity contribution in [1.82, 2.24) is 0 Å². The highest BCUT2D eigenvalue weighted by atomic mass is 16.3. The van der Waals surface area contributed by atoms with E-state index >= 15 is 0 Å². The van der Waals surface area contributed by atoms with Crippen molar-refractivity contribution in [3.8, 4) is 6.07 Å². The minimum Gasteiger partial charge on any atom is -0.384 e. The first kappa shape index (κ1) is 17.7. The van der Waals surface area contributed by atoms with Crippen LogP contribution in [0, 0.1) is 11.3 Å². The van der Waals surface area contributed by atoms with Gasteiger partial charge in [-0.3, -0.25) is 9.69 Å². The Balaban J connectivity index is 1.92. The molecule has 1 aliphatic heterocycles. The number of amides is 1. The van der Waals surface area contributed by atoms with Gasteiger partial charge in [0.2, 0.25) is 0 Å². The fraction of sp³-hybridized carbons (Fsp3) is 0.0833. The average Bonchev–Trinajstić information content (AvgIpc) is 2.78. The zero-order valence-electron chi connectivity index (χ0n) is 15.1. The van der Waals surface area contributed by atoms with Crippen molar-refractivity contribution < 1.29 is 9.90 Å². The molecule has 2 unspecified atom stereocenters. The number of hydrogen-bond acceptors (Lipinski definition) is 3. The van der Waals surface area contributed by atoms with Crippen LogP contribution in [0.15, 0.2) is 91.0 Å². The second kappa shape index (κ2) is 7.15. The van der Waals surface area contributed by atoms with Crippen LogP contribution in [-0.4, -0.2) is 16.6 Å². The number of fused-ring (bicyclic) bond motifs is 1. The van der Waals surface area contributed by atoms with E-state index in [4.69, 9.17) is 0 Å². The quantitative estimate of drug-likeness (QED) is 0.749. The highest BCUT2D eigenvalue weighted by Crippen LogP contribution is 2.42. The smallest absolute Gasteiger partial charge is 0.259 e. The highest BCUT2D eigenvalue weighted by Gasteiger charge is 2.48. The molecule has 1 heterocycles. The van der Waals surface area contributed by atoms with E-state index in [2.05, 4.69) is 6.07 Å². The van der Waals surface area contributed by atoms with E-state index in [0.717, 1.165) is 5.56 Å². The van der Waals surface area contributed by atoms with Gasteiger partial charge in [0, 0.05) is 5.56 Å². The Bertz CT molecular complexity index is 1070. The van der Waals surface area contributed by atoms with E-state index in [0.29, 0.717) is 16.8 Å². The molecule has 0 saturated carbocycles.